The quantitative estimate of drug-likeness (QED) is 0.644. The minimum absolute atomic E-state index is 0.548. The Kier molecular flexibility index (Phi) is 6.83. The number of thioether (sulfide) groups is 1. The van der Waals surface area contributed by atoms with E-state index in [1.807, 2.05) is 18.0 Å². The molecule has 6 heteroatoms. The van der Waals surface area contributed by atoms with Crippen LogP contribution >= 0.6 is 23.1 Å². The van der Waals surface area contributed by atoms with Gasteiger partial charge in [-0.3, -0.25) is 0 Å². The lowest BCUT2D eigenvalue weighted by Gasteiger charge is -2.29. The molecule has 1 aliphatic rings. The van der Waals surface area contributed by atoms with Crippen molar-refractivity contribution in [1.82, 2.24) is 15.6 Å². The molecule has 0 amide bonds. The van der Waals surface area contributed by atoms with Gasteiger partial charge in [0, 0.05) is 28.9 Å². The molecule has 0 bridgehead atoms. The molecule has 4 nitrogen and oxygen atoms in total. The molecular weight excluding hydrogens is 300 g/mol. The van der Waals surface area contributed by atoms with E-state index in [-0.39, 0.29) is 0 Å². The van der Waals surface area contributed by atoms with Gasteiger partial charge in [-0.2, -0.15) is 11.8 Å². The van der Waals surface area contributed by atoms with Crippen molar-refractivity contribution in [3.63, 3.8) is 0 Å². The normalized spacial score (nSPS) is 23.1. The van der Waals surface area contributed by atoms with E-state index in [1.165, 1.54) is 30.6 Å². The number of aryl methyl sites for hydroxylation is 1. The lowest BCUT2D eigenvalue weighted by Crippen LogP contribution is -2.45. The summed E-state index contributed by atoms with van der Waals surface area (Å²) in [5, 5.41) is 8.82. The third kappa shape index (κ3) is 5.51. The average Bonchev–Trinajstić information content (AvgIpc) is 2.91. The van der Waals surface area contributed by atoms with E-state index in [0.717, 1.165) is 22.8 Å². The van der Waals surface area contributed by atoms with E-state index in [1.54, 1.807) is 11.3 Å². The summed E-state index contributed by atoms with van der Waals surface area (Å²) >= 11 is 3.72. The Hall–Kier alpha value is -0.750. The third-order valence-corrected chi connectivity index (χ3v) is 5.68. The minimum atomic E-state index is 0.548. The highest BCUT2D eigenvalue weighted by Gasteiger charge is 2.21. The summed E-state index contributed by atoms with van der Waals surface area (Å²) in [7, 11) is 0. The molecule has 1 heterocycles. The van der Waals surface area contributed by atoms with Gasteiger partial charge in [-0.25, -0.2) is 9.98 Å². The summed E-state index contributed by atoms with van der Waals surface area (Å²) in [5.74, 6) is 0.928. The molecule has 118 valence electrons. The molecule has 1 fully saturated rings. The van der Waals surface area contributed by atoms with Crippen molar-refractivity contribution in [3.05, 3.63) is 16.1 Å². The second-order valence-electron chi connectivity index (χ2n) is 5.43. The van der Waals surface area contributed by atoms with Gasteiger partial charge in [-0.1, -0.05) is 6.42 Å². The summed E-state index contributed by atoms with van der Waals surface area (Å²) in [6.07, 6.45) is 9.29. The van der Waals surface area contributed by atoms with Crippen LogP contribution in [0.3, 0.4) is 0 Å². The minimum Gasteiger partial charge on any atom is -0.357 e. The van der Waals surface area contributed by atoms with Gasteiger partial charge in [0.1, 0.15) is 5.01 Å². The first-order valence-corrected chi connectivity index (χ1v) is 9.80. The predicted octanol–water partition coefficient (Wildman–Crippen LogP) is 3.18. The molecule has 1 saturated carbocycles. The SMILES string of the molecule is CCNC(=NCc1ncc(C)s1)NC1CCCC(SC)C1. The van der Waals surface area contributed by atoms with Crippen LogP contribution in [0.1, 0.15) is 42.5 Å². The molecule has 2 N–H and O–H groups in total. The predicted molar refractivity (Wildman–Crippen MR) is 94.4 cm³/mol. The molecule has 2 atom stereocenters. The number of nitrogens with one attached hydrogen (secondary N) is 2. The number of nitrogens with zero attached hydrogens (tertiary/aromatic N) is 2. The number of thiazole rings is 1. The molecule has 1 aromatic rings. The van der Waals surface area contributed by atoms with Gasteiger partial charge in [0.25, 0.3) is 0 Å². The van der Waals surface area contributed by atoms with Crippen LogP contribution in [0.2, 0.25) is 0 Å². The van der Waals surface area contributed by atoms with Gasteiger partial charge < -0.3 is 10.6 Å². The summed E-state index contributed by atoms with van der Waals surface area (Å²) in [6.45, 7) is 5.74. The van der Waals surface area contributed by atoms with Gasteiger partial charge in [0.15, 0.2) is 5.96 Å². The lowest BCUT2D eigenvalue weighted by molar-refractivity contribution is 0.419. The fourth-order valence-electron chi connectivity index (χ4n) is 2.62. The van der Waals surface area contributed by atoms with Crippen LogP contribution in [-0.4, -0.2) is 35.0 Å². The van der Waals surface area contributed by atoms with Gasteiger partial charge in [-0.15, -0.1) is 11.3 Å². The van der Waals surface area contributed by atoms with Crippen molar-refractivity contribution >= 4 is 29.1 Å². The summed E-state index contributed by atoms with van der Waals surface area (Å²) in [5.41, 5.74) is 0. The van der Waals surface area contributed by atoms with E-state index >= 15 is 0 Å². The zero-order chi connectivity index (χ0) is 15.1. The van der Waals surface area contributed by atoms with E-state index in [2.05, 4.69) is 40.7 Å². The number of hydrogen-bond acceptors (Lipinski definition) is 4. The van der Waals surface area contributed by atoms with E-state index in [4.69, 9.17) is 0 Å². The molecule has 0 spiro atoms. The maximum Gasteiger partial charge on any atom is 0.191 e. The van der Waals surface area contributed by atoms with Crippen molar-refractivity contribution in [2.75, 3.05) is 12.8 Å². The maximum atomic E-state index is 4.68. The molecule has 0 aliphatic heterocycles. The standard InChI is InChI=1S/C15H26N4S2/c1-4-16-15(18-10-14-17-9-11(2)21-14)19-12-6-5-7-13(8-12)20-3/h9,12-13H,4-8,10H2,1-3H3,(H2,16,18,19). The maximum absolute atomic E-state index is 4.68. The fourth-order valence-corrected chi connectivity index (χ4v) is 4.16. The molecular formula is C15H26N4S2. The Balaban J connectivity index is 1.91. The topological polar surface area (TPSA) is 49.3 Å². The van der Waals surface area contributed by atoms with Gasteiger partial charge >= 0.3 is 0 Å². The van der Waals surface area contributed by atoms with Crippen LogP contribution in [0.5, 0.6) is 0 Å². The van der Waals surface area contributed by atoms with Crippen LogP contribution < -0.4 is 10.6 Å². The number of guanidine groups is 1. The molecule has 1 aliphatic carbocycles. The Labute approximate surface area is 136 Å². The molecule has 0 saturated heterocycles. The monoisotopic (exact) mass is 326 g/mol. The Morgan fingerprint density at radius 3 is 3.05 bits per heavy atom. The molecule has 2 rings (SSSR count). The van der Waals surface area contributed by atoms with Crippen LogP contribution in [-0.2, 0) is 6.54 Å². The number of hydrogen-bond donors (Lipinski definition) is 2. The zero-order valence-electron chi connectivity index (χ0n) is 13.2. The van der Waals surface area contributed by atoms with Gasteiger partial charge in [-0.05, 0) is 39.4 Å². The van der Waals surface area contributed by atoms with Crippen molar-refractivity contribution < 1.29 is 0 Å². The van der Waals surface area contributed by atoms with E-state index < -0.39 is 0 Å². The van der Waals surface area contributed by atoms with Gasteiger partial charge in [0.05, 0.1) is 6.54 Å². The van der Waals surface area contributed by atoms with Crippen molar-refractivity contribution in [1.29, 1.82) is 0 Å². The number of rotatable bonds is 5. The average molecular weight is 327 g/mol. The van der Waals surface area contributed by atoms with Gasteiger partial charge in [0.2, 0.25) is 0 Å². The van der Waals surface area contributed by atoms with Crippen molar-refractivity contribution in [2.24, 2.45) is 4.99 Å². The highest BCUT2D eigenvalue weighted by Crippen LogP contribution is 2.26. The lowest BCUT2D eigenvalue weighted by atomic mass is 9.95. The van der Waals surface area contributed by atoms with E-state index in [9.17, 15) is 0 Å². The molecule has 21 heavy (non-hydrogen) atoms. The number of aromatic nitrogens is 1. The highest BCUT2D eigenvalue weighted by molar-refractivity contribution is 7.99. The van der Waals surface area contributed by atoms with Crippen molar-refractivity contribution in [2.45, 2.75) is 57.4 Å². The van der Waals surface area contributed by atoms with Crippen LogP contribution in [0.4, 0.5) is 0 Å². The first kappa shape index (κ1) is 16.6. The number of aliphatic imine (C=N–C) groups is 1. The highest BCUT2D eigenvalue weighted by atomic mass is 32.2. The summed E-state index contributed by atoms with van der Waals surface area (Å²) in [6, 6.07) is 0.548. The largest absolute Gasteiger partial charge is 0.357 e. The second-order valence-corrected chi connectivity index (χ2v) is 7.88. The van der Waals surface area contributed by atoms with Crippen molar-refractivity contribution in [3.8, 4) is 0 Å². The van der Waals surface area contributed by atoms with Crippen LogP contribution in [0.25, 0.3) is 0 Å². The summed E-state index contributed by atoms with van der Waals surface area (Å²) in [4.78, 5) is 10.3. The first-order valence-electron chi connectivity index (χ1n) is 7.70. The second kappa shape index (κ2) is 8.63. The molecule has 0 radical (unpaired) electrons. The van der Waals surface area contributed by atoms with E-state index in [0.29, 0.717) is 12.6 Å². The fraction of sp³-hybridized carbons (Fsp3) is 0.733. The molecule has 2 unspecified atom stereocenters. The first-order chi connectivity index (χ1) is 10.2. The summed E-state index contributed by atoms with van der Waals surface area (Å²) < 4.78 is 0. The third-order valence-electron chi connectivity index (χ3n) is 3.69. The van der Waals surface area contributed by atoms with Crippen LogP contribution in [0.15, 0.2) is 11.2 Å². The Bertz CT molecular complexity index is 458. The molecule has 1 aromatic heterocycles. The smallest absolute Gasteiger partial charge is 0.191 e. The molecule has 0 aromatic carbocycles. The van der Waals surface area contributed by atoms with Crippen LogP contribution in [0, 0.1) is 6.92 Å². The Morgan fingerprint density at radius 1 is 1.52 bits per heavy atom. The zero-order valence-corrected chi connectivity index (χ0v) is 14.8. The Morgan fingerprint density at radius 2 is 2.38 bits per heavy atom.